The molecule has 5 nitrogen and oxygen atoms in total. The number of hydrogen-bond donors (Lipinski definition) is 1. The summed E-state index contributed by atoms with van der Waals surface area (Å²) in [4.78, 5) is 15.8. The molecule has 3 aromatic carbocycles. The highest BCUT2D eigenvalue weighted by molar-refractivity contribution is 6.43. The topological polar surface area (TPSA) is 79.4 Å². The number of benzene rings is 3. The summed E-state index contributed by atoms with van der Waals surface area (Å²) in [6, 6.07) is 17.3. The summed E-state index contributed by atoms with van der Waals surface area (Å²) in [5.41, 5.74) is 13.4. The van der Waals surface area contributed by atoms with Gasteiger partial charge < -0.3 is 10.5 Å². The van der Waals surface area contributed by atoms with Gasteiger partial charge in [0.2, 0.25) is 0 Å². The van der Waals surface area contributed by atoms with Crippen molar-refractivity contribution in [2.75, 3.05) is 4.90 Å². The lowest BCUT2D eigenvalue weighted by molar-refractivity contribution is -0.118. The van der Waals surface area contributed by atoms with E-state index in [-0.39, 0.29) is 17.0 Å². The van der Waals surface area contributed by atoms with Crippen molar-refractivity contribution in [1.82, 2.24) is 0 Å². The molecule has 1 aliphatic carbocycles. The Morgan fingerprint density at radius 1 is 1.02 bits per heavy atom. The second kappa shape index (κ2) is 11.3. The summed E-state index contributed by atoms with van der Waals surface area (Å²) in [6.07, 6.45) is 0.929. The molecule has 0 amide bonds. The van der Waals surface area contributed by atoms with Gasteiger partial charge in [-0.15, -0.1) is 0 Å². The highest BCUT2D eigenvalue weighted by atomic mass is 35.5. The molecule has 2 N–H and O–H groups in total. The van der Waals surface area contributed by atoms with E-state index >= 15 is 0 Å². The van der Waals surface area contributed by atoms with Crippen LogP contribution in [-0.2, 0) is 11.4 Å². The maximum Gasteiger partial charge on any atom is 0.162 e. The van der Waals surface area contributed by atoms with Crippen LogP contribution in [0.15, 0.2) is 71.2 Å². The van der Waals surface area contributed by atoms with E-state index in [2.05, 4.69) is 26.0 Å². The molecule has 42 heavy (non-hydrogen) atoms. The highest BCUT2D eigenvalue weighted by Gasteiger charge is 2.45. The van der Waals surface area contributed by atoms with Crippen molar-refractivity contribution < 1.29 is 9.53 Å². The van der Waals surface area contributed by atoms with Gasteiger partial charge in [-0.1, -0.05) is 66.8 Å². The summed E-state index contributed by atoms with van der Waals surface area (Å²) in [5.74, 6) is 0.346. The summed E-state index contributed by atoms with van der Waals surface area (Å²) < 4.78 is 6.19. The fourth-order valence-corrected chi connectivity index (χ4v) is 6.68. The van der Waals surface area contributed by atoms with Crippen molar-refractivity contribution in [2.45, 2.75) is 60.0 Å². The normalized spacial score (nSPS) is 18.2. The number of hydrogen-bond acceptors (Lipinski definition) is 5. The molecule has 1 heterocycles. The van der Waals surface area contributed by atoms with Gasteiger partial charge in [-0.25, -0.2) is 0 Å². The Morgan fingerprint density at radius 3 is 2.45 bits per heavy atom. The Morgan fingerprint density at radius 2 is 1.76 bits per heavy atom. The largest absolute Gasteiger partial charge is 0.489 e. The Labute approximate surface area is 262 Å². The third-order valence-corrected chi connectivity index (χ3v) is 9.15. The number of nitrogens with zero attached hydrogens (tertiary/aromatic N) is 2. The lowest BCUT2D eigenvalue weighted by Crippen LogP contribution is -2.42. The first kappa shape index (κ1) is 30.0. The first-order valence-electron chi connectivity index (χ1n) is 13.7. The van der Waals surface area contributed by atoms with Crippen LogP contribution in [0.4, 0.5) is 5.69 Å². The zero-order valence-corrected chi connectivity index (χ0v) is 26.5. The third-order valence-electron chi connectivity index (χ3n) is 8.11. The first-order valence-corrected chi connectivity index (χ1v) is 14.9. The SMILES string of the molecule is Cc1cc(C)c(C2C(C#N)=C(N)N(c3cccc(Cl)c3Cl)C3=C2C(=O)CC(C)(C)C3)cc1COc1ccc(Cl)cc1C. The number of ketones is 1. The average Bonchev–Trinajstić information content (AvgIpc) is 2.90. The number of nitriles is 1. The quantitative estimate of drug-likeness (QED) is 0.308. The molecule has 0 saturated heterocycles. The van der Waals surface area contributed by atoms with E-state index < -0.39 is 5.92 Å². The molecule has 0 bridgehead atoms. The van der Waals surface area contributed by atoms with E-state index in [9.17, 15) is 10.1 Å². The van der Waals surface area contributed by atoms with Crippen LogP contribution >= 0.6 is 34.8 Å². The Kier molecular flexibility index (Phi) is 8.11. The molecule has 0 radical (unpaired) electrons. The number of ether oxygens (including phenoxy) is 1. The molecule has 3 aromatic rings. The Balaban J connectivity index is 1.68. The maximum atomic E-state index is 14.0. The first-order chi connectivity index (χ1) is 19.8. The monoisotopic (exact) mass is 619 g/mol. The molecule has 1 unspecified atom stereocenters. The number of aryl methyl sites for hydroxylation is 3. The van der Waals surface area contributed by atoms with E-state index in [0.717, 1.165) is 39.3 Å². The summed E-state index contributed by atoms with van der Waals surface area (Å²) in [7, 11) is 0. The zero-order valence-electron chi connectivity index (χ0n) is 24.2. The van der Waals surface area contributed by atoms with Gasteiger partial charge in [0, 0.05) is 22.7 Å². The maximum absolute atomic E-state index is 14.0. The van der Waals surface area contributed by atoms with Crippen LogP contribution in [0.5, 0.6) is 5.75 Å². The van der Waals surface area contributed by atoms with Crippen LogP contribution in [0.1, 0.15) is 60.4 Å². The highest BCUT2D eigenvalue weighted by Crippen LogP contribution is 2.52. The van der Waals surface area contributed by atoms with E-state index in [1.165, 1.54) is 0 Å². The molecule has 2 aliphatic rings. The molecule has 0 spiro atoms. The molecule has 0 fully saturated rings. The minimum absolute atomic E-state index is 0.00999. The molecule has 0 saturated carbocycles. The zero-order chi connectivity index (χ0) is 30.5. The number of carbonyl (C=O) groups is 1. The smallest absolute Gasteiger partial charge is 0.162 e. The van der Waals surface area contributed by atoms with E-state index in [4.69, 9.17) is 45.3 Å². The van der Waals surface area contributed by atoms with E-state index in [1.807, 2.05) is 39.0 Å². The van der Waals surface area contributed by atoms with Crippen molar-refractivity contribution in [3.63, 3.8) is 0 Å². The predicted octanol–water partition coefficient (Wildman–Crippen LogP) is 9.09. The number of allylic oxidation sites excluding steroid dienone is 3. The van der Waals surface area contributed by atoms with Crippen LogP contribution in [-0.4, -0.2) is 5.78 Å². The lowest BCUT2D eigenvalue weighted by Gasteiger charge is -2.44. The van der Waals surface area contributed by atoms with Crippen molar-refractivity contribution >= 4 is 46.3 Å². The summed E-state index contributed by atoms with van der Waals surface area (Å²) in [5, 5.41) is 11.9. The van der Waals surface area contributed by atoms with Gasteiger partial charge >= 0.3 is 0 Å². The predicted molar refractivity (Wildman–Crippen MR) is 170 cm³/mol. The number of carbonyl (C=O) groups excluding carboxylic acids is 1. The molecule has 1 atom stereocenters. The van der Waals surface area contributed by atoms with Gasteiger partial charge in [-0.05, 0) is 90.8 Å². The van der Waals surface area contributed by atoms with Crippen LogP contribution in [0.25, 0.3) is 0 Å². The van der Waals surface area contributed by atoms with Crippen LogP contribution in [0, 0.1) is 37.5 Å². The molecule has 5 rings (SSSR count). The fraction of sp³-hybridized carbons (Fsp3) is 0.294. The second-order valence-corrected chi connectivity index (χ2v) is 13.1. The van der Waals surface area contributed by atoms with Gasteiger partial charge in [0.05, 0.1) is 33.3 Å². The second-order valence-electron chi connectivity index (χ2n) is 11.9. The number of anilines is 1. The van der Waals surface area contributed by atoms with E-state index in [1.54, 1.807) is 29.2 Å². The number of rotatable bonds is 5. The van der Waals surface area contributed by atoms with Crippen molar-refractivity contribution in [3.8, 4) is 11.8 Å². The molecule has 216 valence electrons. The van der Waals surface area contributed by atoms with Gasteiger partial charge in [-0.3, -0.25) is 9.69 Å². The molecular weight excluding hydrogens is 589 g/mol. The average molecular weight is 621 g/mol. The van der Waals surface area contributed by atoms with Gasteiger partial charge in [0.1, 0.15) is 18.2 Å². The van der Waals surface area contributed by atoms with Gasteiger partial charge in [0.25, 0.3) is 0 Å². The van der Waals surface area contributed by atoms with Crippen molar-refractivity contribution in [2.24, 2.45) is 11.1 Å². The van der Waals surface area contributed by atoms with Crippen LogP contribution < -0.4 is 15.4 Å². The lowest BCUT2D eigenvalue weighted by atomic mass is 9.68. The number of nitrogens with two attached hydrogens (primary N) is 1. The van der Waals surface area contributed by atoms with E-state index in [0.29, 0.717) is 51.4 Å². The number of Topliss-reactive ketones (excluding diaryl/α,β-unsaturated/α-hetero) is 1. The number of halogens is 3. The van der Waals surface area contributed by atoms with Gasteiger partial charge in [-0.2, -0.15) is 5.26 Å². The molecule has 1 aliphatic heterocycles. The molecule has 0 aromatic heterocycles. The molecular formula is C34H32Cl3N3O2. The molecule has 8 heteroatoms. The van der Waals surface area contributed by atoms with Crippen LogP contribution in [0.3, 0.4) is 0 Å². The summed E-state index contributed by atoms with van der Waals surface area (Å²) >= 11 is 19.2. The minimum atomic E-state index is -0.626. The van der Waals surface area contributed by atoms with Crippen molar-refractivity contribution in [3.05, 3.63) is 114 Å². The van der Waals surface area contributed by atoms with Gasteiger partial charge in [0.15, 0.2) is 5.78 Å². The van der Waals surface area contributed by atoms with Crippen molar-refractivity contribution in [1.29, 1.82) is 5.26 Å². The van der Waals surface area contributed by atoms with Crippen LogP contribution in [0.2, 0.25) is 15.1 Å². The third kappa shape index (κ3) is 5.40. The fourth-order valence-electron chi connectivity index (χ4n) is 6.07. The minimum Gasteiger partial charge on any atom is -0.489 e. The Bertz CT molecular complexity index is 1730. The summed E-state index contributed by atoms with van der Waals surface area (Å²) in [6.45, 7) is 10.4. The Hall–Kier alpha value is -3.43. The standard InChI is InChI=1S/C34H32Cl3N3O2/c1-18-11-19(2)23(13-21(18)17-42-29-10-9-22(35)12-20(29)3)30-24(16-38)33(39)40(26-8-6-7-25(36)32(26)37)27-14-34(4,5)15-28(41)31(27)30/h6-13,30H,14-15,17,39H2,1-5H3.